The van der Waals surface area contributed by atoms with Crippen molar-refractivity contribution in [3.05, 3.63) is 112 Å². The van der Waals surface area contributed by atoms with Crippen molar-refractivity contribution in [2.24, 2.45) is 0 Å². The Morgan fingerprint density at radius 1 is 0.875 bits per heavy atom. The average Bonchev–Trinajstić information content (AvgIpc) is 2.82. The summed E-state index contributed by atoms with van der Waals surface area (Å²) in [6, 6.07) is 26.4. The molecule has 0 saturated heterocycles. The Bertz CT molecular complexity index is 1210. The zero-order valence-electron chi connectivity index (χ0n) is 18.0. The summed E-state index contributed by atoms with van der Waals surface area (Å²) in [6.45, 7) is 3.38. The highest BCUT2D eigenvalue weighted by atomic mass is 16.5. The third kappa shape index (κ3) is 5.06. The predicted molar refractivity (Wildman–Crippen MR) is 125 cm³/mol. The molecule has 32 heavy (non-hydrogen) atoms. The number of rotatable bonds is 8. The SMILES string of the molecule is CCCOc1ccc2cc(C(=O)N(Cc3ccccc3)Cc3ccccc3)c(=O)oc2c1. The minimum absolute atomic E-state index is 0.0200. The van der Waals surface area contributed by atoms with Gasteiger partial charge in [0.15, 0.2) is 0 Å². The molecule has 0 atom stereocenters. The van der Waals surface area contributed by atoms with Gasteiger partial charge in [-0.3, -0.25) is 4.79 Å². The van der Waals surface area contributed by atoms with Gasteiger partial charge in [0.2, 0.25) is 0 Å². The van der Waals surface area contributed by atoms with E-state index in [2.05, 4.69) is 0 Å². The van der Waals surface area contributed by atoms with E-state index < -0.39 is 5.63 Å². The van der Waals surface area contributed by atoms with Gasteiger partial charge in [-0.25, -0.2) is 4.79 Å². The van der Waals surface area contributed by atoms with Crippen LogP contribution in [0.3, 0.4) is 0 Å². The highest BCUT2D eigenvalue weighted by Gasteiger charge is 2.21. The van der Waals surface area contributed by atoms with Gasteiger partial charge in [-0.2, -0.15) is 0 Å². The third-order valence-corrected chi connectivity index (χ3v) is 5.13. The number of hydrogen-bond donors (Lipinski definition) is 0. The molecule has 5 nitrogen and oxygen atoms in total. The van der Waals surface area contributed by atoms with E-state index in [-0.39, 0.29) is 11.5 Å². The number of amides is 1. The molecule has 0 unspecified atom stereocenters. The van der Waals surface area contributed by atoms with Crippen LogP contribution in [0.2, 0.25) is 0 Å². The molecular formula is C27H25NO4. The van der Waals surface area contributed by atoms with Crippen molar-refractivity contribution in [3.63, 3.8) is 0 Å². The van der Waals surface area contributed by atoms with Crippen LogP contribution in [0, 0.1) is 0 Å². The van der Waals surface area contributed by atoms with Crippen LogP contribution in [0.5, 0.6) is 5.75 Å². The van der Waals surface area contributed by atoms with Gasteiger partial charge in [-0.1, -0.05) is 67.6 Å². The van der Waals surface area contributed by atoms with Gasteiger partial charge < -0.3 is 14.1 Å². The molecule has 0 N–H and O–H groups in total. The van der Waals surface area contributed by atoms with Crippen molar-refractivity contribution in [1.29, 1.82) is 0 Å². The monoisotopic (exact) mass is 427 g/mol. The summed E-state index contributed by atoms with van der Waals surface area (Å²) in [4.78, 5) is 27.9. The molecule has 162 valence electrons. The van der Waals surface area contributed by atoms with Crippen LogP contribution in [0.4, 0.5) is 0 Å². The zero-order valence-corrected chi connectivity index (χ0v) is 18.0. The molecule has 1 aromatic heterocycles. The maximum atomic E-state index is 13.5. The van der Waals surface area contributed by atoms with Crippen LogP contribution in [-0.4, -0.2) is 17.4 Å². The summed E-state index contributed by atoms with van der Waals surface area (Å²) >= 11 is 0. The predicted octanol–water partition coefficient (Wildman–Crippen LogP) is 5.42. The molecule has 4 rings (SSSR count). The zero-order chi connectivity index (χ0) is 22.3. The summed E-state index contributed by atoms with van der Waals surface area (Å²) in [5.74, 6) is 0.274. The Labute approximate surface area is 186 Å². The maximum Gasteiger partial charge on any atom is 0.349 e. The second-order valence-electron chi connectivity index (χ2n) is 7.63. The summed E-state index contributed by atoms with van der Waals surface area (Å²) in [5.41, 5.74) is 1.74. The molecule has 0 spiro atoms. The topological polar surface area (TPSA) is 59.8 Å². The van der Waals surface area contributed by atoms with Gasteiger partial charge in [0.1, 0.15) is 16.9 Å². The third-order valence-electron chi connectivity index (χ3n) is 5.13. The van der Waals surface area contributed by atoms with Crippen molar-refractivity contribution in [1.82, 2.24) is 4.90 Å². The molecule has 1 amide bonds. The Morgan fingerprint density at radius 3 is 2.09 bits per heavy atom. The van der Waals surface area contributed by atoms with Crippen LogP contribution in [0.25, 0.3) is 11.0 Å². The first-order valence-electron chi connectivity index (χ1n) is 10.7. The first kappa shape index (κ1) is 21.4. The second kappa shape index (κ2) is 9.96. The van der Waals surface area contributed by atoms with Crippen LogP contribution < -0.4 is 10.4 Å². The fraction of sp³-hybridized carbons (Fsp3) is 0.185. The second-order valence-corrected chi connectivity index (χ2v) is 7.63. The lowest BCUT2D eigenvalue weighted by Crippen LogP contribution is -2.33. The van der Waals surface area contributed by atoms with Gasteiger partial charge in [0.05, 0.1) is 6.61 Å². The number of nitrogens with zero attached hydrogens (tertiary/aromatic N) is 1. The van der Waals surface area contributed by atoms with Crippen LogP contribution >= 0.6 is 0 Å². The largest absolute Gasteiger partial charge is 0.493 e. The molecule has 0 aliphatic carbocycles. The minimum atomic E-state index is -0.652. The summed E-state index contributed by atoms with van der Waals surface area (Å²) < 4.78 is 11.1. The highest BCUT2D eigenvalue weighted by Crippen LogP contribution is 2.22. The lowest BCUT2D eigenvalue weighted by Gasteiger charge is -2.23. The van der Waals surface area contributed by atoms with Crippen molar-refractivity contribution in [3.8, 4) is 5.75 Å². The number of hydrogen-bond acceptors (Lipinski definition) is 4. The lowest BCUT2D eigenvalue weighted by atomic mass is 10.1. The summed E-state index contributed by atoms with van der Waals surface area (Å²) in [5, 5.41) is 0.677. The van der Waals surface area contributed by atoms with Crippen LogP contribution in [0.15, 0.2) is 94.1 Å². The smallest absolute Gasteiger partial charge is 0.349 e. The fourth-order valence-corrected chi connectivity index (χ4v) is 3.53. The lowest BCUT2D eigenvalue weighted by molar-refractivity contribution is 0.0726. The standard InChI is InChI=1S/C27H25NO4/c1-2-15-31-23-14-13-22-16-24(27(30)32-25(22)17-23)26(29)28(18-20-9-5-3-6-10-20)19-21-11-7-4-8-12-21/h3-14,16-17H,2,15,18-19H2,1H3. The average molecular weight is 428 g/mol. The number of benzene rings is 3. The molecule has 3 aromatic carbocycles. The van der Waals surface area contributed by atoms with Gasteiger partial charge in [0.25, 0.3) is 5.91 Å². The van der Waals surface area contributed by atoms with Crippen LogP contribution in [-0.2, 0) is 13.1 Å². The maximum absolute atomic E-state index is 13.5. The Kier molecular flexibility index (Phi) is 6.66. The molecule has 0 radical (unpaired) electrons. The van der Waals surface area contributed by atoms with Gasteiger partial charge in [-0.15, -0.1) is 0 Å². The van der Waals surface area contributed by atoms with E-state index in [4.69, 9.17) is 9.15 Å². The van der Waals surface area contributed by atoms with E-state index >= 15 is 0 Å². The molecule has 0 bridgehead atoms. The first-order valence-corrected chi connectivity index (χ1v) is 10.7. The fourth-order valence-electron chi connectivity index (χ4n) is 3.53. The molecule has 0 aliphatic heterocycles. The highest BCUT2D eigenvalue weighted by molar-refractivity contribution is 5.96. The van der Waals surface area contributed by atoms with Gasteiger partial charge in [0, 0.05) is 24.5 Å². The van der Waals surface area contributed by atoms with Crippen molar-refractivity contribution >= 4 is 16.9 Å². The molecular weight excluding hydrogens is 402 g/mol. The number of fused-ring (bicyclic) bond motifs is 1. The normalized spacial score (nSPS) is 10.8. The number of ether oxygens (including phenoxy) is 1. The Balaban J connectivity index is 1.67. The minimum Gasteiger partial charge on any atom is -0.493 e. The summed E-state index contributed by atoms with van der Waals surface area (Å²) in [6.07, 6.45) is 0.883. The van der Waals surface area contributed by atoms with Crippen LogP contribution in [0.1, 0.15) is 34.8 Å². The molecule has 1 heterocycles. The Morgan fingerprint density at radius 2 is 1.50 bits per heavy atom. The summed E-state index contributed by atoms with van der Waals surface area (Å²) in [7, 11) is 0. The van der Waals surface area contributed by atoms with Crippen molar-refractivity contribution in [2.75, 3.05) is 6.61 Å². The van der Waals surface area contributed by atoms with E-state index in [1.165, 1.54) is 0 Å². The van der Waals surface area contributed by atoms with Crippen molar-refractivity contribution in [2.45, 2.75) is 26.4 Å². The quantitative estimate of drug-likeness (QED) is 0.352. The van der Waals surface area contributed by atoms with E-state index in [1.54, 1.807) is 23.1 Å². The molecule has 0 fully saturated rings. The van der Waals surface area contributed by atoms with Gasteiger partial charge in [-0.05, 0) is 35.7 Å². The molecule has 4 aromatic rings. The van der Waals surface area contributed by atoms with Crippen molar-refractivity contribution < 1.29 is 13.9 Å². The van der Waals surface area contributed by atoms with Gasteiger partial charge >= 0.3 is 5.63 Å². The molecule has 0 aliphatic rings. The molecule has 0 saturated carbocycles. The van der Waals surface area contributed by atoms with E-state index in [9.17, 15) is 9.59 Å². The number of carbonyl (C=O) groups excluding carboxylic acids is 1. The van der Waals surface area contributed by atoms with E-state index in [1.807, 2.05) is 73.7 Å². The molecule has 5 heteroatoms. The number of carbonyl (C=O) groups is 1. The van der Waals surface area contributed by atoms with E-state index in [0.717, 1.165) is 17.5 Å². The van der Waals surface area contributed by atoms with E-state index in [0.29, 0.717) is 36.4 Å². The Hall–Kier alpha value is -3.86. The first-order chi connectivity index (χ1) is 15.6.